The van der Waals surface area contributed by atoms with E-state index in [1.54, 1.807) is 20.4 Å². The maximum absolute atomic E-state index is 12.5. The van der Waals surface area contributed by atoms with E-state index in [-0.39, 0.29) is 12.5 Å². The first-order valence-electron chi connectivity index (χ1n) is 9.34. The topological polar surface area (TPSA) is 68.6 Å². The average molecular weight is 372 g/mol. The Bertz CT molecular complexity index is 768. The van der Waals surface area contributed by atoms with Crippen molar-refractivity contribution >= 4 is 11.7 Å². The van der Waals surface area contributed by atoms with Gasteiger partial charge in [-0.3, -0.25) is 9.69 Å². The van der Waals surface area contributed by atoms with Gasteiger partial charge in [0.2, 0.25) is 5.91 Å². The number of methoxy groups -OCH3 is 2. The molecule has 1 aromatic heterocycles. The molecule has 1 saturated carbocycles. The molecule has 0 saturated heterocycles. The molecule has 1 N–H and O–H groups in total. The zero-order valence-electron chi connectivity index (χ0n) is 16.3. The summed E-state index contributed by atoms with van der Waals surface area (Å²) < 4.78 is 12.8. The van der Waals surface area contributed by atoms with Crippen molar-refractivity contribution in [3.8, 4) is 11.5 Å². The molecule has 27 heavy (non-hydrogen) atoms. The highest BCUT2D eigenvalue weighted by Crippen LogP contribution is 2.32. The van der Waals surface area contributed by atoms with Crippen LogP contribution in [-0.4, -0.2) is 48.4 Å². The highest BCUT2D eigenvalue weighted by atomic mass is 16.5. The van der Waals surface area contributed by atoms with Gasteiger partial charge < -0.3 is 14.8 Å². The quantitative estimate of drug-likeness (QED) is 0.771. The van der Waals surface area contributed by atoms with Gasteiger partial charge in [0, 0.05) is 18.2 Å². The van der Waals surface area contributed by atoms with Crippen molar-refractivity contribution in [2.24, 2.45) is 0 Å². The number of carbonyl (C=O) groups excluding carboxylic acids is 1. The molecule has 0 radical (unpaired) electrons. The van der Waals surface area contributed by atoms with Gasteiger partial charge in [0.15, 0.2) is 11.5 Å². The lowest BCUT2D eigenvalue weighted by Gasteiger charge is -2.20. The standard InChI is InChI=1S/C20H28N4O3/c1-23(13-15-7-6-10-17(26-2)20(15)27-3)14-19(25)22-18-11-12-21-24(18)16-8-4-5-9-16/h6-7,10-12,16H,4-5,8-9,13-14H2,1-3H3,(H,22,25). The zero-order chi connectivity index (χ0) is 19.2. The molecule has 0 spiro atoms. The summed E-state index contributed by atoms with van der Waals surface area (Å²) in [6.45, 7) is 0.853. The Labute approximate surface area is 160 Å². The van der Waals surface area contributed by atoms with Crippen LogP contribution in [0.25, 0.3) is 0 Å². The van der Waals surface area contributed by atoms with Gasteiger partial charge in [-0.25, -0.2) is 4.68 Å². The molecule has 0 bridgehead atoms. The van der Waals surface area contributed by atoms with Crippen molar-refractivity contribution in [3.63, 3.8) is 0 Å². The summed E-state index contributed by atoms with van der Waals surface area (Å²) in [6.07, 6.45) is 6.45. The Morgan fingerprint density at radius 3 is 2.74 bits per heavy atom. The second kappa shape index (κ2) is 8.90. The fourth-order valence-corrected chi connectivity index (χ4v) is 3.71. The van der Waals surface area contributed by atoms with E-state index in [4.69, 9.17) is 9.47 Å². The zero-order valence-corrected chi connectivity index (χ0v) is 16.3. The fourth-order valence-electron chi connectivity index (χ4n) is 3.71. The molecule has 1 amide bonds. The van der Waals surface area contributed by atoms with Gasteiger partial charge in [-0.05, 0) is 26.0 Å². The van der Waals surface area contributed by atoms with Crippen LogP contribution < -0.4 is 14.8 Å². The van der Waals surface area contributed by atoms with Gasteiger partial charge >= 0.3 is 0 Å². The second-order valence-corrected chi connectivity index (χ2v) is 6.97. The molecule has 0 aliphatic heterocycles. The van der Waals surface area contributed by atoms with E-state index in [0.29, 0.717) is 24.1 Å². The van der Waals surface area contributed by atoms with Crippen LogP contribution in [0.15, 0.2) is 30.5 Å². The smallest absolute Gasteiger partial charge is 0.239 e. The normalized spacial score (nSPS) is 14.5. The molecular formula is C20H28N4O3. The van der Waals surface area contributed by atoms with Crippen LogP contribution in [0.2, 0.25) is 0 Å². The molecule has 0 unspecified atom stereocenters. The van der Waals surface area contributed by atoms with Gasteiger partial charge in [0.1, 0.15) is 5.82 Å². The van der Waals surface area contributed by atoms with Crippen LogP contribution >= 0.6 is 0 Å². The van der Waals surface area contributed by atoms with Crippen molar-refractivity contribution in [1.82, 2.24) is 14.7 Å². The maximum Gasteiger partial charge on any atom is 0.239 e. The predicted octanol–water partition coefficient (Wildman–Crippen LogP) is 3.09. The number of nitrogens with zero attached hydrogens (tertiary/aromatic N) is 3. The predicted molar refractivity (Wildman–Crippen MR) is 104 cm³/mol. The third-order valence-electron chi connectivity index (χ3n) is 4.95. The van der Waals surface area contributed by atoms with Gasteiger partial charge in [-0.1, -0.05) is 25.0 Å². The molecule has 2 aromatic rings. The Morgan fingerprint density at radius 1 is 1.26 bits per heavy atom. The molecule has 1 aliphatic carbocycles. The van der Waals surface area contributed by atoms with Crippen molar-refractivity contribution in [3.05, 3.63) is 36.0 Å². The van der Waals surface area contributed by atoms with Crippen LogP contribution in [0.4, 0.5) is 5.82 Å². The molecule has 1 fully saturated rings. The minimum Gasteiger partial charge on any atom is -0.493 e. The summed E-state index contributed by atoms with van der Waals surface area (Å²) in [6, 6.07) is 8.02. The summed E-state index contributed by atoms with van der Waals surface area (Å²) in [4.78, 5) is 14.5. The number of carbonyl (C=O) groups is 1. The molecule has 7 heteroatoms. The monoisotopic (exact) mass is 372 g/mol. The summed E-state index contributed by atoms with van der Waals surface area (Å²) in [7, 11) is 5.15. The van der Waals surface area contributed by atoms with E-state index in [0.717, 1.165) is 24.2 Å². The molecule has 1 aliphatic rings. The van der Waals surface area contributed by atoms with E-state index in [2.05, 4.69) is 10.4 Å². The van der Waals surface area contributed by atoms with Crippen LogP contribution in [0.1, 0.15) is 37.3 Å². The van der Waals surface area contributed by atoms with Crippen LogP contribution in [0.3, 0.4) is 0 Å². The minimum absolute atomic E-state index is 0.0564. The molecular weight excluding hydrogens is 344 g/mol. The maximum atomic E-state index is 12.5. The van der Waals surface area contributed by atoms with E-state index in [1.165, 1.54) is 12.8 Å². The largest absolute Gasteiger partial charge is 0.493 e. The number of para-hydroxylation sites is 1. The Balaban J connectivity index is 1.60. The number of aromatic nitrogens is 2. The lowest BCUT2D eigenvalue weighted by Crippen LogP contribution is -2.31. The van der Waals surface area contributed by atoms with Gasteiger partial charge in [-0.15, -0.1) is 0 Å². The Kier molecular flexibility index (Phi) is 6.34. The van der Waals surface area contributed by atoms with Crippen LogP contribution in [0.5, 0.6) is 11.5 Å². The molecule has 1 heterocycles. The molecule has 3 rings (SSSR count). The van der Waals surface area contributed by atoms with Crippen molar-refractivity contribution in [1.29, 1.82) is 0 Å². The number of hydrogen-bond acceptors (Lipinski definition) is 5. The number of nitrogens with one attached hydrogen (secondary N) is 1. The number of anilines is 1. The van der Waals surface area contributed by atoms with Crippen molar-refractivity contribution in [2.45, 2.75) is 38.3 Å². The number of rotatable bonds is 8. The number of hydrogen-bond donors (Lipinski definition) is 1. The highest BCUT2D eigenvalue weighted by Gasteiger charge is 2.21. The summed E-state index contributed by atoms with van der Waals surface area (Å²) in [5, 5.41) is 7.40. The first-order valence-corrected chi connectivity index (χ1v) is 9.34. The van der Waals surface area contributed by atoms with E-state index < -0.39 is 0 Å². The van der Waals surface area contributed by atoms with Crippen LogP contribution in [-0.2, 0) is 11.3 Å². The van der Waals surface area contributed by atoms with Gasteiger partial charge in [-0.2, -0.15) is 5.10 Å². The third kappa shape index (κ3) is 4.60. The number of likely N-dealkylation sites (N-methyl/N-ethyl adjacent to an activating group) is 1. The number of ether oxygens (including phenoxy) is 2. The summed E-state index contributed by atoms with van der Waals surface area (Å²) in [5.41, 5.74) is 0.975. The molecule has 1 aromatic carbocycles. The van der Waals surface area contributed by atoms with Crippen molar-refractivity contribution < 1.29 is 14.3 Å². The number of benzene rings is 1. The summed E-state index contributed by atoms with van der Waals surface area (Å²) >= 11 is 0. The van der Waals surface area contributed by atoms with E-state index in [9.17, 15) is 4.79 Å². The molecule has 7 nitrogen and oxygen atoms in total. The lowest BCUT2D eigenvalue weighted by molar-refractivity contribution is -0.117. The summed E-state index contributed by atoms with van der Waals surface area (Å²) in [5.74, 6) is 2.11. The molecule has 146 valence electrons. The SMILES string of the molecule is COc1cccc(CN(C)CC(=O)Nc2ccnn2C2CCCC2)c1OC. The van der Waals surface area contributed by atoms with Gasteiger partial charge in [0.05, 0.1) is 33.0 Å². The first kappa shape index (κ1) is 19.2. The van der Waals surface area contributed by atoms with Crippen LogP contribution in [0, 0.1) is 0 Å². The Hall–Kier alpha value is -2.54. The minimum atomic E-state index is -0.0564. The van der Waals surface area contributed by atoms with Crippen molar-refractivity contribution in [2.75, 3.05) is 33.1 Å². The van der Waals surface area contributed by atoms with Gasteiger partial charge in [0.25, 0.3) is 0 Å². The second-order valence-electron chi connectivity index (χ2n) is 6.97. The Morgan fingerprint density at radius 2 is 2.04 bits per heavy atom. The fraction of sp³-hybridized carbons (Fsp3) is 0.500. The number of amides is 1. The lowest BCUT2D eigenvalue weighted by atomic mass is 10.1. The van der Waals surface area contributed by atoms with E-state index >= 15 is 0 Å². The highest BCUT2D eigenvalue weighted by molar-refractivity contribution is 5.91. The van der Waals surface area contributed by atoms with E-state index in [1.807, 2.05) is 40.9 Å². The first-order chi connectivity index (χ1) is 13.1. The average Bonchev–Trinajstić information content (AvgIpc) is 3.32. The molecule has 0 atom stereocenters. The third-order valence-corrected chi connectivity index (χ3v) is 4.95.